The Labute approximate surface area is 170 Å². The van der Waals surface area contributed by atoms with E-state index in [1.54, 1.807) is 35.6 Å². The van der Waals surface area contributed by atoms with E-state index in [9.17, 15) is 9.59 Å². The lowest BCUT2D eigenvalue weighted by Gasteiger charge is -2.07. The van der Waals surface area contributed by atoms with Gasteiger partial charge in [0, 0.05) is 6.54 Å². The molecule has 0 spiro atoms. The third-order valence-corrected chi connectivity index (χ3v) is 5.65. The van der Waals surface area contributed by atoms with E-state index in [0.29, 0.717) is 17.3 Å². The van der Waals surface area contributed by atoms with Crippen molar-refractivity contribution in [3.05, 3.63) is 52.9 Å². The summed E-state index contributed by atoms with van der Waals surface area (Å²) in [6.07, 6.45) is 0. The Bertz CT molecular complexity index is 954. The first kappa shape index (κ1) is 20.1. The summed E-state index contributed by atoms with van der Waals surface area (Å²) in [4.78, 5) is 24.7. The van der Waals surface area contributed by atoms with Crippen molar-refractivity contribution in [3.63, 3.8) is 0 Å². The van der Waals surface area contributed by atoms with Crippen LogP contribution in [-0.4, -0.2) is 39.6 Å². The number of rotatable bonds is 8. The molecular formula is C19H19N3O4S2. The second kappa shape index (κ2) is 9.52. The number of ether oxygens (including phenoxy) is 2. The molecule has 0 unspecified atom stereocenters. The first-order valence-electron chi connectivity index (χ1n) is 8.55. The molecule has 3 rings (SSSR count). The predicted molar refractivity (Wildman–Crippen MR) is 107 cm³/mol. The van der Waals surface area contributed by atoms with Gasteiger partial charge in [0.2, 0.25) is 0 Å². The Morgan fingerprint density at radius 2 is 2.07 bits per heavy atom. The summed E-state index contributed by atoms with van der Waals surface area (Å²) in [5.74, 6) is 0.133. The number of benzene rings is 1. The number of methoxy groups -OCH3 is 1. The minimum Gasteiger partial charge on any atom is -0.465 e. The molecule has 7 nitrogen and oxygen atoms in total. The van der Waals surface area contributed by atoms with Crippen molar-refractivity contribution in [2.45, 2.75) is 25.2 Å². The van der Waals surface area contributed by atoms with Crippen LogP contribution in [0.1, 0.15) is 22.8 Å². The van der Waals surface area contributed by atoms with Crippen molar-refractivity contribution in [1.29, 1.82) is 0 Å². The van der Waals surface area contributed by atoms with Crippen LogP contribution in [0.4, 0.5) is 0 Å². The highest BCUT2D eigenvalue weighted by molar-refractivity contribution is 7.99. The van der Waals surface area contributed by atoms with E-state index in [0.717, 1.165) is 16.3 Å². The van der Waals surface area contributed by atoms with Gasteiger partial charge in [-0.25, -0.2) is 4.79 Å². The zero-order valence-electron chi connectivity index (χ0n) is 15.5. The van der Waals surface area contributed by atoms with Crippen LogP contribution in [0.15, 0.2) is 46.9 Å². The number of aromatic nitrogens is 3. The lowest BCUT2D eigenvalue weighted by molar-refractivity contribution is -0.141. The maximum Gasteiger partial charge on any atom is 0.337 e. The first-order valence-corrected chi connectivity index (χ1v) is 10.4. The molecule has 0 saturated heterocycles. The minimum absolute atomic E-state index is 0.0884. The van der Waals surface area contributed by atoms with Crippen LogP contribution in [0.25, 0.3) is 10.7 Å². The lowest BCUT2D eigenvalue weighted by atomic mass is 10.1. The fourth-order valence-corrected chi connectivity index (χ4v) is 4.02. The summed E-state index contributed by atoms with van der Waals surface area (Å²) in [6, 6.07) is 10.8. The van der Waals surface area contributed by atoms with Crippen molar-refractivity contribution in [2.75, 3.05) is 12.9 Å². The number of nitrogens with zero attached hydrogens (tertiary/aromatic N) is 3. The van der Waals surface area contributed by atoms with E-state index in [1.807, 2.05) is 29.0 Å². The minimum atomic E-state index is -0.427. The van der Waals surface area contributed by atoms with Crippen LogP contribution >= 0.6 is 23.1 Å². The van der Waals surface area contributed by atoms with Gasteiger partial charge < -0.3 is 14.0 Å². The average molecular weight is 418 g/mol. The smallest absolute Gasteiger partial charge is 0.337 e. The van der Waals surface area contributed by atoms with Crippen molar-refractivity contribution >= 4 is 35.0 Å². The fraction of sp³-hybridized carbons (Fsp3) is 0.263. The summed E-state index contributed by atoms with van der Waals surface area (Å²) in [5, 5.41) is 11.1. The molecule has 0 aliphatic rings. The van der Waals surface area contributed by atoms with Gasteiger partial charge in [-0.1, -0.05) is 30.0 Å². The third kappa shape index (κ3) is 4.79. The maximum atomic E-state index is 12.1. The van der Waals surface area contributed by atoms with Crippen LogP contribution in [-0.2, 0) is 27.4 Å². The van der Waals surface area contributed by atoms with Crippen LogP contribution in [0.3, 0.4) is 0 Å². The molecule has 0 aliphatic carbocycles. The van der Waals surface area contributed by atoms with Gasteiger partial charge in [-0.15, -0.1) is 21.5 Å². The molecule has 0 saturated carbocycles. The summed E-state index contributed by atoms with van der Waals surface area (Å²) in [7, 11) is 1.32. The van der Waals surface area contributed by atoms with Crippen LogP contribution in [0.2, 0.25) is 0 Å². The number of carbonyl (C=O) groups excluding carboxylic acids is 2. The highest BCUT2D eigenvalue weighted by Gasteiger charge is 2.16. The number of hydrogen-bond acceptors (Lipinski definition) is 8. The monoisotopic (exact) mass is 417 g/mol. The van der Waals surface area contributed by atoms with Gasteiger partial charge in [-0.2, -0.15) is 0 Å². The Hall–Kier alpha value is -2.65. The standard InChI is InChI=1S/C19H19N3O4S2/c1-3-22-17(15-8-5-9-27-15)20-21-19(22)28-12-16(23)26-11-13-6-4-7-14(10-13)18(24)25-2/h4-10H,3,11-12H2,1-2H3. The summed E-state index contributed by atoms with van der Waals surface area (Å²) >= 11 is 2.89. The van der Waals surface area contributed by atoms with E-state index in [2.05, 4.69) is 10.2 Å². The van der Waals surface area contributed by atoms with Crippen LogP contribution in [0.5, 0.6) is 0 Å². The number of thioether (sulfide) groups is 1. The largest absolute Gasteiger partial charge is 0.465 e. The predicted octanol–water partition coefficient (Wildman–Crippen LogP) is 3.65. The van der Waals surface area contributed by atoms with Gasteiger partial charge in [-0.05, 0) is 36.1 Å². The SMILES string of the molecule is CCn1c(SCC(=O)OCc2cccc(C(=O)OC)c2)nnc1-c1cccs1. The van der Waals surface area contributed by atoms with Gasteiger partial charge in [0.1, 0.15) is 6.61 Å². The fourth-order valence-electron chi connectivity index (χ4n) is 2.50. The third-order valence-electron chi connectivity index (χ3n) is 3.84. The molecule has 0 fully saturated rings. The molecule has 3 aromatic rings. The molecule has 28 heavy (non-hydrogen) atoms. The molecule has 0 aliphatic heterocycles. The second-order valence-corrected chi connectivity index (χ2v) is 7.56. The Morgan fingerprint density at radius 1 is 1.21 bits per heavy atom. The molecular weight excluding hydrogens is 398 g/mol. The van der Waals surface area contributed by atoms with Crippen molar-refractivity contribution < 1.29 is 19.1 Å². The van der Waals surface area contributed by atoms with E-state index in [-0.39, 0.29) is 18.3 Å². The van der Waals surface area contributed by atoms with E-state index in [1.165, 1.54) is 18.9 Å². The maximum absolute atomic E-state index is 12.1. The second-order valence-electron chi connectivity index (χ2n) is 5.67. The average Bonchev–Trinajstić information content (AvgIpc) is 3.39. The highest BCUT2D eigenvalue weighted by atomic mass is 32.2. The molecule has 2 aromatic heterocycles. The van der Waals surface area contributed by atoms with E-state index >= 15 is 0 Å². The van der Waals surface area contributed by atoms with Crippen LogP contribution < -0.4 is 0 Å². The van der Waals surface area contributed by atoms with Crippen molar-refractivity contribution in [3.8, 4) is 10.7 Å². The van der Waals surface area contributed by atoms with E-state index < -0.39 is 5.97 Å². The van der Waals surface area contributed by atoms with Gasteiger partial charge in [0.05, 0.1) is 23.3 Å². The molecule has 146 valence electrons. The van der Waals surface area contributed by atoms with Gasteiger partial charge in [0.15, 0.2) is 11.0 Å². The molecule has 0 atom stereocenters. The number of carbonyl (C=O) groups is 2. The molecule has 0 bridgehead atoms. The van der Waals surface area contributed by atoms with Gasteiger partial charge in [-0.3, -0.25) is 4.79 Å². The van der Waals surface area contributed by atoms with Crippen LogP contribution in [0, 0.1) is 0 Å². The quantitative estimate of drug-likeness (QED) is 0.409. The summed E-state index contributed by atoms with van der Waals surface area (Å²) in [6.45, 7) is 2.81. The molecule has 0 amide bonds. The Balaban J connectivity index is 1.56. The zero-order valence-corrected chi connectivity index (χ0v) is 17.1. The highest BCUT2D eigenvalue weighted by Crippen LogP contribution is 2.27. The zero-order chi connectivity index (χ0) is 19.9. The van der Waals surface area contributed by atoms with Gasteiger partial charge >= 0.3 is 11.9 Å². The Morgan fingerprint density at radius 3 is 2.79 bits per heavy atom. The molecule has 1 aromatic carbocycles. The van der Waals surface area contributed by atoms with Crippen molar-refractivity contribution in [2.24, 2.45) is 0 Å². The van der Waals surface area contributed by atoms with Gasteiger partial charge in [0.25, 0.3) is 0 Å². The number of hydrogen-bond donors (Lipinski definition) is 0. The lowest BCUT2D eigenvalue weighted by Crippen LogP contribution is -2.09. The summed E-state index contributed by atoms with van der Waals surface area (Å²) in [5.41, 5.74) is 1.14. The topological polar surface area (TPSA) is 83.3 Å². The Kier molecular flexibility index (Phi) is 6.83. The number of thiophene rings is 1. The van der Waals surface area contributed by atoms with Crippen molar-refractivity contribution in [1.82, 2.24) is 14.8 Å². The molecule has 0 radical (unpaired) electrons. The normalized spacial score (nSPS) is 10.6. The molecule has 0 N–H and O–H groups in total. The summed E-state index contributed by atoms with van der Waals surface area (Å²) < 4.78 is 12.0. The van der Waals surface area contributed by atoms with E-state index in [4.69, 9.17) is 9.47 Å². The first-order chi connectivity index (χ1) is 13.6. The molecule has 2 heterocycles. The molecule has 9 heteroatoms. The number of esters is 2.